The zero-order valence-electron chi connectivity index (χ0n) is 6.45. The smallest absolute Gasteiger partial charge is 0.0558 e. The van der Waals surface area contributed by atoms with Gasteiger partial charge in [-0.05, 0) is 18.9 Å². The number of hydrogen-bond donors (Lipinski definition) is 0. The molecule has 2 heterocycles. The van der Waals surface area contributed by atoms with E-state index in [1.54, 1.807) is 6.20 Å². The Morgan fingerprint density at radius 3 is 2.82 bits per heavy atom. The highest BCUT2D eigenvalue weighted by molar-refractivity contribution is 5.43. The molecule has 1 aliphatic rings. The van der Waals surface area contributed by atoms with Crippen LogP contribution in [0.25, 0.3) is 0 Å². The molecule has 1 fully saturated rings. The van der Waals surface area contributed by atoms with Gasteiger partial charge in [-0.1, -0.05) is 0 Å². The Morgan fingerprint density at radius 2 is 2.18 bits per heavy atom. The van der Waals surface area contributed by atoms with Crippen molar-refractivity contribution in [3.05, 3.63) is 24.5 Å². The van der Waals surface area contributed by atoms with E-state index in [1.807, 2.05) is 12.3 Å². The van der Waals surface area contributed by atoms with Gasteiger partial charge in [-0.25, -0.2) is 0 Å². The molecular formula is C9H11N2. The summed E-state index contributed by atoms with van der Waals surface area (Å²) >= 11 is 0. The molecule has 1 aromatic rings. The van der Waals surface area contributed by atoms with Gasteiger partial charge in [-0.3, -0.25) is 4.98 Å². The summed E-state index contributed by atoms with van der Waals surface area (Å²) < 4.78 is 0. The average Bonchev–Trinajstić information content (AvgIpc) is 2.58. The summed E-state index contributed by atoms with van der Waals surface area (Å²) in [7, 11) is 0. The first-order valence-electron chi connectivity index (χ1n) is 4.03. The maximum absolute atomic E-state index is 4.03. The maximum Gasteiger partial charge on any atom is 0.0558 e. The SMILES string of the molecule is [c]1cncc(N2CCCC2)c1. The van der Waals surface area contributed by atoms with Crippen LogP contribution in [-0.2, 0) is 0 Å². The number of anilines is 1. The van der Waals surface area contributed by atoms with Gasteiger partial charge >= 0.3 is 0 Å². The van der Waals surface area contributed by atoms with Crippen LogP contribution in [0.5, 0.6) is 0 Å². The van der Waals surface area contributed by atoms with Gasteiger partial charge in [0.1, 0.15) is 0 Å². The Hall–Kier alpha value is -1.05. The lowest BCUT2D eigenvalue weighted by atomic mass is 10.4. The molecule has 11 heavy (non-hydrogen) atoms. The molecule has 1 aliphatic heterocycles. The fourth-order valence-electron chi connectivity index (χ4n) is 1.46. The first-order chi connectivity index (χ1) is 5.47. The first-order valence-corrected chi connectivity index (χ1v) is 4.03. The predicted molar refractivity (Wildman–Crippen MR) is 44.5 cm³/mol. The van der Waals surface area contributed by atoms with Crippen LogP contribution in [0.2, 0.25) is 0 Å². The molecule has 0 spiro atoms. The van der Waals surface area contributed by atoms with Crippen molar-refractivity contribution in [1.29, 1.82) is 0 Å². The normalized spacial score (nSPS) is 17.3. The molecule has 1 radical (unpaired) electrons. The number of aromatic nitrogens is 1. The topological polar surface area (TPSA) is 16.1 Å². The van der Waals surface area contributed by atoms with E-state index in [1.165, 1.54) is 31.6 Å². The van der Waals surface area contributed by atoms with Gasteiger partial charge in [0.25, 0.3) is 0 Å². The summed E-state index contributed by atoms with van der Waals surface area (Å²) in [5.74, 6) is 0. The summed E-state index contributed by atoms with van der Waals surface area (Å²) in [4.78, 5) is 6.38. The molecule has 2 rings (SSSR count). The largest absolute Gasteiger partial charge is 0.370 e. The van der Waals surface area contributed by atoms with E-state index < -0.39 is 0 Å². The summed E-state index contributed by atoms with van der Waals surface area (Å²) in [6.45, 7) is 2.36. The van der Waals surface area contributed by atoms with Gasteiger partial charge in [0, 0.05) is 25.4 Å². The second-order valence-electron chi connectivity index (χ2n) is 2.84. The zero-order chi connectivity index (χ0) is 7.52. The van der Waals surface area contributed by atoms with Gasteiger partial charge < -0.3 is 4.90 Å². The fraction of sp³-hybridized carbons (Fsp3) is 0.444. The molecule has 0 unspecified atom stereocenters. The highest BCUT2D eigenvalue weighted by atomic mass is 15.1. The molecule has 0 bridgehead atoms. The van der Waals surface area contributed by atoms with Crippen LogP contribution in [0, 0.1) is 6.07 Å². The first kappa shape index (κ1) is 6.65. The monoisotopic (exact) mass is 147 g/mol. The second kappa shape index (κ2) is 2.91. The third kappa shape index (κ3) is 1.34. The molecule has 1 saturated heterocycles. The standard InChI is InChI=1S/C9H11N2/c1-2-7-11(6-1)9-4-3-5-10-8-9/h4-5,8H,1-2,6-7H2. The van der Waals surface area contributed by atoms with Gasteiger partial charge in [-0.2, -0.15) is 0 Å². The predicted octanol–water partition coefficient (Wildman–Crippen LogP) is 1.48. The van der Waals surface area contributed by atoms with Crippen molar-refractivity contribution in [3.8, 4) is 0 Å². The van der Waals surface area contributed by atoms with Gasteiger partial charge in [0.2, 0.25) is 0 Å². The van der Waals surface area contributed by atoms with Crippen molar-refractivity contribution in [2.75, 3.05) is 18.0 Å². The van der Waals surface area contributed by atoms with Crippen LogP contribution in [0.1, 0.15) is 12.8 Å². The Kier molecular flexibility index (Phi) is 1.76. The minimum atomic E-state index is 1.18. The fourth-order valence-corrected chi connectivity index (χ4v) is 1.46. The Labute approximate surface area is 66.9 Å². The minimum absolute atomic E-state index is 1.18. The molecule has 0 N–H and O–H groups in total. The summed E-state index contributed by atoms with van der Waals surface area (Å²) in [6.07, 6.45) is 6.23. The zero-order valence-corrected chi connectivity index (χ0v) is 6.45. The lowest BCUT2D eigenvalue weighted by molar-refractivity contribution is 0.949. The van der Waals surface area contributed by atoms with E-state index in [2.05, 4.69) is 16.0 Å². The van der Waals surface area contributed by atoms with E-state index in [9.17, 15) is 0 Å². The van der Waals surface area contributed by atoms with Gasteiger partial charge in [-0.15, -0.1) is 0 Å². The van der Waals surface area contributed by atoms with E-state index in [0.717, 1.165) is 0 Å². The number of nitrogens with zero attached hydrogens (tertiary/aromatic N) is 2. The molecule has 0 aliphatic carbocycles. The Morgan fingerprint density at radius 1 is 1.36 bits per heavy atom. The van der Waals surface area contributed by atoms with Crippen LogP contribution in [0.15, 0.2) is 18.5 Å². The van der Waals surface area contributed by atoms with Crippen molar-refractivity contribution in [1.82, 2.24) is 4.98 Å². The number of hydrogen-bond acceptors (Lipinski definition) is 2. The van der Waals surface area contributed by atoms with Gasteiger partial charge in [0.05, 0.1) is 11.9 Å². The van der Waals surface area contributed by atoms with E-state index in [0.29, 0.717) is 0 Å². The lowest BCUT2D eigenvalue weighted by Gasteiger charge is -2.15. The summed E-state index contributed by atoms with van der Waals surface area (Å²) in [5, 5.41) is 0. The van der Waals surface area contributed by atoms with Crippen molar-refractivity contribution in [2.24, 2.45) is 0 Å². The third-order valence-corrected chi connectivity index (χ3v) is 2.06. The molecule has 0 saturated carbocycles. The molecule has 2 nitrogen and oxygen atoms in total. The van der Waals surface area contributed by atoms with Crippen molar-refractivity contribution >= 4 is 5.69 Å². The maximum atomic E-state index is 4.03. The second-order valence-corrected chi connectivity index (χ2v) is 2.84. The van der Waals surface area contributed by atoms with Crippen LogP contribution >= 0.6 is 0 Å². The van der Waals surface area contributed by atoms with Crippen LogP contribution in [-0.4, -0.2) is 18.1 Å². The molecule has 2 heteroatoms. The molecule has 0 amide bonds. The Bertz CT molecular complexity index is 214. The average molecular weight is 147 g/mol. The summed E-state index contributed by atoms with van der Waals surface area (Å²) in [6, 6.07) is 4.98. The van der Waals surface area contributed by atoms with E-state index in [4.69, 9.17) is 0 Å². The van der Waals surface area contributed by atoms with Gasteiger partial charge in [0.15, 0.2) is 0 Å². The Balaban J connectivity index is 2.16. The van der Waals surface area contributed by atoms with Crippen LogP contribution in [0.3, 0.4) is 0 Å². The number of rotatable bonds is 1. The highest BCUT2D eigenvalue weighted by Crippen LogP contribution is 2.17. The molecular weight excluding hydrogens is 136 g/mol. The van der Waals surface area contributed by atoms with E-state index >= 15 is 0 Å². The van der Waals surface area contributed by atoms with E-state index in [-0.39, 0.29) is 0 Å². The molecule has 57 valence electrons. The third-order valence-electron chi connectivity index (χ3n) is 2.06. The van der Waals surface area contributed by atoms with Crippen molar-refractivity contribution in [3.63, 3.8) is 0 Å². The molecule has 0 atom stereocenters. The van der Waals surface area contributed by atoms with Crippen molar-refractivity contribution in [2.45, 2.75) is 12.8 Å². The van der Waals surface area contributed by atoms with Crippen LogP contribution < -0.4 is 4.90 Å². The number of pyridine rings is 1. The summed E-state index contributed by atoms with van der Waals surface area (Å²) in [5.41, 5.74) is 1.21. The quantitative estimate of drug-likeness (QED) is 0.598. The molecule has 1 aromatic heterocycles. The molecule has 0 aromatic carbocycles. The lowest BCUT2D eigenvalue weighted by Crippen LogP contribution is -2.17. The minimum Gasteiger partial charge on any atom is -0.370 e. The van der Waals surface area contributed by atoms with Crippen molar-refractivity contribution < 1.29 is 0 Å². The van der Waals surface area contributed by atoms with Crippen LogP contribution in [0.4, 0.5) is 5.69 Å². The highest BCUT2D eigenvalue weighted by Gasteiger charge is 2.11.